The Balaban J connectivity index is 1.82. The molecular formula is C11H23NOS. The smallest absolute Gasteiger partial charge is 0.0462 e. The summed E-state index contributed by atoms with van der Waals surface area (Å²) in [5, 5.41) is 3.64. The largest absolute Gasteiger partial charge is 0.385 e. The van der Waals surface area contributed by atoms with E-state index in [0.29, 0.717) is 0 Å². The van der Waals surface area contributed by atoms with Crippen molar-refractivity contribution in [3.05, 3.63) is 0 Å². The van der Waals surface area contributed by atoms with Crippen LogP contribution in [0.1, 0.15) is 32.1 Å². The van der Waals surface area contributed by atoms with E-state index in [2.05, 4.69) is 17.1 Å². The van der Waals surface area contributed by atoms with E-state index in [1.54, 1.807) is 7.11 Å². The van der Waals surface area contributed by atoms with Crippen LogP contribution in [0.3, 0.4) is 0 Å². The van der Waals surface area contributed by atoms with Crippen molar-refractivity contribution in [2.75, 3.05) is 31.8 Å². The van der Waals surface area contributed by atoms with Crippen LogP contribution in [0, 0.1) is 0 Å². The maximum absolute atomic E-state index is 5.02. The average Bonchev–Trinajstić information content (AvgIpc) is 2.25. The van der Waals surface area contributed by atoms with Gasteiger partial charge < -0.3 is 10.1 Å². The van der Waals surface area contributed by atoms with E-state index in [9.17, 15) is 0 Å². The van der Waals surface area contributed by atoms with Crippen molar-refractivity contribution in [2.45, 2.75) is 38.1 Å². The Morgan fingerprint density at radius 3 is 2.71 bits per heavy atom. The minimum Gasteiger partial charge on any atom is -0.385 e. The summed E-state index contributed by atoms with van der Waals surface area (Å²) in [4.78, 5) is 0. The molecule has 0 aliphatic carbocycles. The lowest BCUT2D eigenvalue weighted by molar-refractivity contribution is 0.192. The zero-order chi connectivity index (χ0) is 10.1. The molecule has 1 N–H and O–H groups in total. The fourth-order valence-electron chi connectivity index (χ4n) is 1.76. The summed E-state index contributed by atoms with van der Waals surface area (Å²) in [7, 11) is 1.78. The Labute approximate surface area is 92.2 Å². The third kappa shape index (κ3) is 5.89. The fourth-order valence-corrected chi connectivity index (χ4v) is 2.86. The first kappa shape index (κ1) is 12.3. The third-order valence-electron chi connectivity index (χ3n) is 2.68. The fraction of sp³-hybridized carbons (Fsp3) is 1.00. The van der Waals surface area contributed by atoms with E-state index in [1.807, 2.05) is 0 Å². The molecule has 84 valence electrons. The molecule has 0 aromatic rings. The Kier molecular flexibility index (Phi) is 7.55. The monoisotopic (exact) mass is 217 g/mol. The predicted molar refractivity (Wildman–Crippen MR) is 64.1 cm³/mol. The summed E-state index contributed by atoms with van der Waals surface area (Å²) < 4.78 is 5.02. The van der Waals surface area contributed by atoms with Crippen LogP contribution in [0.25, 0.3) is 0 Å². The van der Waals surface area contributed by atoms with E-state index in [-0.39, 0.29) is 0 Å². The van der Waals surface area contributed by atoms with Gasteiger partial charge >= 0.3 is 0 Å². The van der Waals surface area contributed by atoms with Crippen molar-refractivity contribution in [1.82, 2.24) is 5.32 Å². The summed E-state index contributed by atoms with van der Waals surface area (Å²) in [5.41, 5.74) is 0. The zero-order valence-electron chi connectivity index (χ0n) is 9.26. The standard InChI is InChI=1S/C11H23NOS/c1-13-8-4-2-3-7-12-11-5-9-14-10-6-11/h11-12H,2-10H2,1H3. The number of thioether (sulfide) groups is 1. The SMILES string of the molecule is COCCCCCNC1CCSCC1. The third-order valence-corrected chi connectivity index (χ3v) is 3.73. The van der Waals surface area contributed by atoms with Gasteiger partial charge in [0.25, 0.3) is 0 Å². The van der Waals surface area contributed by atoms with Gasteiger partial charge in [0.2, 0.25) is 0 Å². The van der Waals surface area contributed by atoms with Crippen molar-refractivity contribution in [2.24, 2.45) is 0 Å². The zero-order valence-corrected chi connectivity index (χ0v) is 10.1. The molecule has 3 heteroatoms. The first-order valence-corrected chi connectivity index (χ1v) is 6.89. The van der Waals surface area contributed by atoms with Gasteiger partial charge in [-0.15, -0.1) is 0 Å². The summed E-state index contributed by atoms with van der Waals surface area (Å²) >= 11 is 2.09. The summed E-state index contributed by atoms with van der Waals surface area (Å²) in [5.74, 6) is 2.70. The van der Waals surface area contributed by atoms with Gasteiger partial charge in [-0.05, 0) is 50.2 Å². The molecule has 0 atom stereocenters. The van der Waals surface area contributed by atoms with Crippen LogP contribution in [0.2, 0.25) is 0 Å². The molecule has 1 saturated heterocycles. The summed E-state index contributed by atoms with van der Waals surface area (Å²) in [6.07, 6.45) is 6.53. The van der Waals surface area contributed by atoms with E-state index in [1.165, 1.54) is 50.2 Å². The molecule has 0 amide bonds. The highest BCUT2D eigenvalue weighted by Crippen LogP contribution is 2.16. The van der Waals surface area contributed by atoms with Crippen molar-refractivity contribution < 1.29 is 4.74 Å². The molecule has 0 radical (unpaired) electrons. The second-order valence-corrected chi connectivity index (χ2v) is 5.12. The molecule has 0 aromatic carbocycles. The maximum atomic E-state index is 5.02. The van der Waals surface area contributed by atoms with Gasteiger partial charge in [0.1, 0.15) is 0 Å². The molecule has 0 aromatic heterocycles. The Morgan fingerprint density at radius 2 is 2.00 bits per heavy atom. The first-order chi connectivity index (χ1) is 6.93. The number of nitrogens with one attached hydrogen (secondary N) is 1. The molecule has 0 spiro atoms. The molecule has 1 rings (SSSR count). The van der Waals surface area contributed by atoms with Crippen LogP contribution in [0.5, 0.6) is 0 Å². The topological polar surface area (TPSA) is 21.3 Å². The molecule has 1 aliphatic heterocycles. The Hall–Kier alpha value is 0.270. The van der Waals surface area contributed by atoms with E-state index in [4.69, 9.17) is 4.74 Å². The van der Waals surface area contributed by atoms with Gasteiger partial charge in [0.05, 0.1) is 0 Å². The van der Waals surface area contributed by atoms with Gasteiger partial charge in [0, 0.05) is 19.8 Å². The van der Waals surface area contributed by atoms with Crippen LogP contribution >= 0.6 is 11.8 Å². The molecule has 1 aliphatic rings. The van der Waals surface area contributed by atoms with Crippen molar-refractivity contribution in [3.63, 3.8) is 0 Å². The molecule has 2 nitrogen and oxygen atoms in total. The number of ether oxygens (including phenoxy) is 1. The van der Waals surface area contributed by atoms with E-state index in [0.717, 1.165) is 12.6 Å². The van der Waals surface area contributed by atoms with Gasteiger partial charge in [0.15, 0.2) is 0 Å². The minimum absolute atomic E-state index is 0.804. The summed E-state index contributed by atoms with van der Waals surface area (Å²) in [6.45, 7) is 2.11. The molecule has 14 heavy (non-hydrogen) atoms. The lowest BCUT2D eigenvalue weighted by atomic mass is 10.1. The highest BCUT2D eigenvalue weighted by Gasteiger charge is 2.11. The number of rotatable bonds is 7. The Morgan fingerprint density at radius 1 is 1.21 bits per heavy atom. The number of hydrogen-bond acceptors (Lipinski definition) is 3. The Bertz CT molecular complexity index is 126. The van der Waals surface area contributed by atoms with Crippen LogP contribution < -0.4 is 5.32 Å². The van der Waals surface area contributed by atoms with Crippen molar-refractivity contribution in [1.29, 1.82) is 0 Å². The second-order valence-electron chi connectivity index (χ2n) is 3.89. The molecule has 0 saturated carbocycles. The van der Waals surface area contributed by atoms with Crippen molar-refractivity contribution in [3.8, 4) is 0 Å². The highest BCUT2D eigenvalue weighted by molar-refractivity contribution is 7.99. The first-order valence-electron chi connectivity index (χ1n) is 5.73. The number of unbranched alkanes of at least 4 members (excludes halogenated alkanes) is 2. The second kappa shape index (κ2) is 8.57. The van der Waals surface area contributed by atoms with E-state index < -0.39 is 0 Å². The van der Waals surface area contributed by atoms with Crippen LogP contribution in [0.15, 0.2) is 0 Å². The molecule has 0 bridgehead atoms. The van der Waals surface area contributed by atoms with E-state index >= 15 is 0 Å². The quantitative estimate of drug-likeness (QED) is 0.661. The van der Waals surface area contributed by atoms with Gasteiger partial charge in [-0.1, -0.05) is 0 Å². The minimum atomic E-state index is 0.804. The number of methoxy groups -OCH3 is 1. The normalized spacial score (nSPS) is 18.6. The van der Waals surface area contributed by atoms with Crippen LogP contribution in [0.4, 0.5) is 0 Å². The van der Waals surface area contributed by atoms with Gasteiger partial charge in [-0.2, -0.15) is 11.8 Å². The maximum Gasteiger partial charge on any atom is 0.0462 e. The average molecular weight is 217 g/mol. The molecular weight excluding hydrogens is 194 g/mol. The van der Waals surface area contributed by atoms with Gasteiger partial charge in [-0.3, -0.25) is 0 Å². The molecule has 0 unspecified atom stereocenters. The molecule has 1 heterocycles. The van der Waals surface area contributed by atoms with Crippen molar-refractivity contribution >= 4 is 11.8 Å². The summed E-state index contributed by atoms with van der Waals surface area (Å²) in [6, 6.07) is 0.804. The highest BCUT2D eigenvalue weighted by atomic mass is 32.2. The lowest BCUT2D eigenvalue weighted by Gasteiger charge is -2.22. The predicted octanol–water partition coefficient (Wildman–Crippen LogP) is 2.29. The van der Waals surface area contributed by atoms with Crippen LogP contribution in [-0.4, -0.2) is 37.8 Å². The van der Waals surface area contributed by atoms with Crippen LogP contribution in [-0.2, 0) is 4.74 Å². The lowest BCUT2D eigenvalue weighted by Crippen LogP contribution is -2.33. The number of hydrogen-bond donors (Lipinski definition) is 1. The van der Waals surface area contributed by atoms with Gasteiger partial charge in [-0.25, -0.2) is 0 Å². The molecule has 1 fully saturated rings.